The maximum atomic E-state index is 9.28. The molecule has 86 valence electrons. The average molecular weight is 232 g/mol. The van der Waals surface area contributed by atoms with Gasteiger partial charge < -0.3 is 15.9 Å². The van der Waals surface area contributed by atoms with Gasteiger partial charge in [-0.15, -0.1) is 12.4 Å². The molecule has 1 aromatic carbocycles. The third-order valence-electron chi connectivity index (χ3n) is 2.57. The first-order valence-electron chi connectivity index (χ1n) is 4.83. The van der Waals surface area contributed by atoms with Gasteiger partial charge >= 0.3 is 0 Å². The third-order valence-corrected chi connectivity index (χ3v) is 2.57. The van der Waals surface area contributed by atoms with Gasteiger partial charge in [-0.1, -0.05) is 20.3 Å². The number of phenols is 2. The normalized spacial score (nSPS) is 14.1. The highest BCUT2D eigenvalue weighted by Crippen LogP contribution is 2.28. The van der Waals surface area contributed by atoms with Crippen LogP contribution in [0.25, 0.3) is 0 Å². The Balaban J connectivity index is 0.00000196. The number of halogens is 1. The van der Waals surface area contributed by atoms with Crippen molar-refractivity contribution in [3.63, 3.8) is 0 Å². The number of phenolic OH excluding ortho intramolecular Hbond substituents is 2. The molecule has 0 fully saturated rings. The fourth-order valence-electron chi connectivity index (χ4n) is 1.39. The summed E-state index contributed by atoms with van der Waals surface area (Å²) in [5.41, 5.74) is 6.74. The van der Waals surface area contributed by atoms with Gasteiger partial charge in [-0.3, -0.25) is 0 Å². The van der Waals surface area contributed by atoms with Crippen LogP contribution >= 0.6 is 12.4 Å². The van der Waals surface area contributed by atoms with E-state index in [1.165, 1.54) is 6.07 Å². The molecule has 0 bridgehead atoms. The van der Waals surface area contributed by atoms with Crippen molar-refractivity contribution in [3.8, 4) is 11.5 Å². The molecular weight excluding hydrogens is 214 g/mol. The Hall–Kier alpha value is -0.930. The van der Waals surface area contributed by atoms with Crippen LogP contribution in [0.15, 0.2) is 18.2 Å². The summed E-state index contributed by atoms with van der Waals surface area (Å²) in [7, 11) is 0. The van der Waals surface area contributed by atoms with Crippen LogP contribution in [-0.2, 0) is 0 Å². The van der Waals surface area contributed by atoms with Crippen LogP contribution < -0.4 is 5.73 Å². The molecule has 0 aromatic heterocycles. The summed E-state index contributed by atoms with van der Waals surface area (Å²) in [6, 6.07) is 4.35. The Kier molecular flexibility index (Phi) is 5.47. The van der Waals surface area contributed by atoms with Gasteiger partial charge in [0.15, 0.2) is 0 Å². The van der Waals surface area contributed by atoms with E-state index in [4.69, 9.17) is 5.73 Å². The lowest BCUT2D eigenvalue weighted by Crippen LogP contribution is -2.18. The summed E-state index contributed by atoms with van der Waals surface area (Å²) in [5.74, 6) is 0.439. The van der Waals surface area contributed by atoms with Crippen molar-refractivity contribution in [1.29, 1.82) is 0 Å². The lowest BCUT2D eigenvalue weighted by atomic mass is 9.93. The highest BCUT2D eigenvalue weighted by molar-refractivity contribution is 5.85. The summed E-state index contributed by atoms with van der Waals surface area (Å²) in [6.45, 7) is 4.11. The molecule has 0 radical (unpaired) electrons. The van der Waals surface area contributed by atoms with E-state index in [1.807, 2.05) is 6.92 Å². The molecule has 1 rings (SSSR count). The Morgan fingerprint density at radius 3 is 2.07 bits per heavy atom. The molecule has 15 heavy (non-hydrogen) atoms. The second-order valence-electron chi connectivity index (χ2n) is 3.69. The first-order valence-corrected chi connectivity index (χ1v) is 4.83. The maximum absolute atomic E-state index is 9.28. The smallest absolute Gasteiger partial charge is 0.119 e. The van der Waals surface area contributed by atoms with E-state index in [-0.39, 0.29) is 29.9 Å². The fourth-order valence-corrected chi connectivity index (χ4v) is 1.39. The predicted molar refractivity (Wildman–Crippen MR) is 63.4 cm³/mol. The van der Waals surface area contributed by atoms with Gasteiger partial charge in [0.1, 0.15) is 11.5 Å². The molecule has 0 amide bonds. The molecule has 0 spiro atoms. The second-order valence-corrected chi connectivity index (χ2v) is 3.69. The monoisotopic (exact) mass is 231 g/mol. The van der Waals surface area contributed by atoms with Crippen LogP contribution in [-0.4, -0.2) is 10.2 Å². The Labute approximate surface area is 96.3 Å². The van der Waals surface area contributed by atoms with Crippen LogP contribution in [0.1, 0.15) is 31.9 Å². The number of benzene rings is 1. The van der Waals surface area contributed by atoms with Crippen LogP contribution in [0.4, 0.5) is 0 Å². The first-order chi connectivity index (χ1) is 6.54. The Morgan fingerprint density at radius 2 is 1.67 bits per heavy atom. The summed E-state index contributed by atoms with van der Waals surface area (Å²) >= 11 is 0. The van der Waals surface area contributed by atoms with Crippen molar-refractivity contribution in [2.24, 2.45) is 11.7 Å². The number of nitrogens with two attached hydrogens (primary N) is 1. The van der Waals surface area contributed by atoms with E-state index < -0.39 is 0 Å². The highest BCUT2D eigenvalue weighted by atomic mass is 35.5. The zero-order chi connectivity index (χ0) is 10.7. The minimum atomic E-state index is -0.141. The molecule has 0 aliphatic heterocycles. The van der Waals surface area contributed by atoms with Crippen molar-refractivity contribution in [2.75, 3.05) is 0 Å². The van der Waals surface area contributed by atoms with Crippen LogP contribution in [0.2, 0.25) is 0 Å². The minimum Gasteiger partial charge on any atom is -0.508 e. The summed E-state index contributed by atoms with van der Waals surface area (Å²) in [6.07, 6.45) is 0.970. The average Bonchev–Trinajstić information content (AvgIpc) is 2.14. The van der Waals surface area contributed by atoms with Crippen LogP contribution in [0.3, 0.4) is 0 Å². The van der Waals surface area contributed by atoms with Crippen molar-refractivity contribution >= 4 is 12.4 Å². The molecular formula is C11H18ClNO2. The third kappa shape index (κ3) is 3.61. The molecule has 1 aromatic rings. The van der Waals surface area contributed by atoms with E-state index in [1.54, 1.807) is 12.1 Å². The standard InChI is InChI=1S/C11H17NO2.ClH/c1-3-7(2)11(12)8-4-9(13)6-10(14)5-8;/h4-7,11,13-14H,3,12H2,1-2H3;1H/t7?,11-;/m0./s1. The molecule has 0 saturated heterocycles. The van der Waals surface area contributed by atoms with E-state index in [2.05, 4.69) is 6.92 Å². The molecule has 0 heterocycles. The molecule has 0 aliphatic carbocycles. The van der Waals surface area contributed by atoms with E-state index in [0.29, 0.717) is 5.92 Å². The topological polar surface area (TPSA) is 66.5 Å². The molecule has 1 unspecified atom stereocenters. The van der Waals surface area contributed by atoms with Crippen molar-refractivity contribution in [2.45, 2.75) is 26.3 Å². The van der Waals surface area contributed by atoms with Crippen molar-refractivity contribution < 1.29 is 10.2 Å². The van der Waals surface area contributed by atoms with Gasteiger partial charge in [0, 0.05) is 12.1 Å². The zero-order valence-electron chi connectivity index (χ0n) is 8.97. The molecule has 0 saturated carbocycles. The Bertz CT molecular complexity index is 297. The number of aromatic hydroxyl groups is 2. The predicted octanol–water partition coefficient (Wildman–Crippen LogP) is 2.57. The quantitative estimate of drug-likeness (QED) is 0.749. The zero-order valence-corrected chi connectivity index (χ0v) is 9.79. The van der Waals surface area contributed by atoms with Gasteiger partial charge in [0.25, 0.3) is 0 Å². The summed E-state index contributed by atoms with van der Waals surface area (Å²) in [5, 5.41) is 18.6. The summed E-state index contributed by atoms with van der Waals surface area (Å²) < 4.78 is 0. The maximum Gasteiger partial charge on any atom is 0.119 e. The molecule has 0 aliphatic rings. The lowest BCUT2D eigenvalue weighted by molar-refractivity contribution is 0.432. The van der Waals surface area contributed by atoms with Gasteiger partial charge in [-0.2, -0.15) is 0 Å². The van der Waals surface area contributed by atoms with Crippen LogP contribution in [0, 0.1) is 5.92 Å². The van der Waals surface area contributed by atoms with Gasteiger partial charge in [0.05, 0.1) is 0 Å². The van der Waals surface area contributed by atoms with Gasteiger partial charge in [0.2, 0.25) is 0 Å². The molecule has 4 N–H and O–H groups in total. The van der Waals surface area contributed by atoms with Crippen molar-refractivity contribution in [1.82, 2.24) is 0 Å². The highest BCUT2D eigenvalue weighted by Gasteiger charge is 2.14. The number of hydrogen-bond donors (Lipinski definition) is 3. The van der Waals surface area contributed by atoms with E-state index in [0.717, 1.165) is 12.0 Å². The van der Waals surface area contributed by atoms with E-state index in [9.17, 15) is 10.2 Å². The summed E-state index contributed by atoms with van der Waals surface area (Å²) in [4.78, 5) is 0. The van der Waals surface area contributed by atoms with E-state index >= 15 is 0 Å². The molecule has 3 nitrogen and oxygen atoms in total. The lowest BCUT2D eigenvalue weighted by Gasteiger charge is -2.18. The SMILES string of the molecule is CCC(C)[C@H](N)c1cc(O)cc(O)c1.Cl. The fraction of sp³-hybridized carbons (Fsp3) is 0.455. The first kappa shape index (κ1) is 14.1. The second kappa shape index (κ2) is 5.83. The molecule has 2 atom stereocenters. The van der Waals surface area contributed by atoms with Crippen molar-refractivity contribution in [3.05, 3.63) is 23.8 Å². The largest absolute Gasteiger partial charge is 0.508 e. The number of rotatable bonds is 3. The van der Waals surface area contributed by atoms with Crippen LogP contribution in [0.5, 0.6) is 11.5 Å². The minimum absolute atomic E-state index is 0. The van der Waals surface area contributed by atoms with Gasteiger partial charge in [-0.05, 0) is 23.6 Å². The Morgan fingerprint density at radius 1 is 1.20 bits per heavy atom. The van der Waals surface area contributed by atoms with Gasteiger partial charge in [-0.25, -0.2) is 0 Å². The molecule has 4 heteroatoms. The number of hydrogen-bond acceptors (Lipinski definition) is 3.